The molecule has 5 rings (SSSR count). The van der Waals surface area contributed by atoms with Crippen LogP contribution in [0.4, 0.5) is 11.4 Å². The maximum Gasteiger partial charge on any atom is 0.250 e. The largest absolute Gasteiger partial charge is 0.375 e. The Morgan fingerprint density at radius 3 is 2.65 bits per heavy atom. The minimum Gasteiger partial charge on any atom is -0.375 e. The van der Waals surface area contributed by atoms with Crippen molar-refractivity contribution in [3.05, 3.63) is 78.4 Å². The molecule has 0 radical (unpaired) electrons. The highest BCUT2D eigenvalue weighted by atomic mass is 32.1. The summed E-state index contributed by atoms with van der Waals surface area (Å²) in [5, 5.41) is 7.04. The number of hydrogen-bond donors (Lipinski definition) is 2. The molecule has 2 fully saturated rings. The third kappa shape index (κ3) is 4.43. The van der Waals surface area contributed by atoms with Crippen molar-refractivity contribution in [1.82, 2.24) is 14.9 Å². The van der Waals surface area contributed by atoms with Crippen molar-refractivity contribution in [3.63, 3.8) is 0 Å². The van der Waals surface area contributed by atoms with Gasteiger partial charge < -0.3 is 24.8 Å². The molecule has 1 saturated heterocycles. The summed E-state index contributed by atoms with van der Waals surface area (Å²) in [6, 6.07) is 18.5. The van der Waals surface area contributed by atoms with Gasteiger partial charge in [0.05, 0.1) is 11.7 Å². The van der Waals surface area contributed by atoms with Gasteiger partial charge in [-0.2, -0.15) is 0 Å². The van der Waals surface area contributed by atoms with Crippen LogP contribution in [0.15, 0.2) is 67.0 Å². The Labute approximate surface area is 205 Å². The minimum absolute atomic E-state index is 0.0217. The van der Waals surface area contributed by atoms with E-state index in [1.54, 1.807) is 0 Å². The molecule has 2 unspecified atom stereocenters. The molecule has 1 saturated carbocycles. The third-order valence-corrected chi connectivity index (χ3v) is 6.95. The average Bonchev–Trinajstić information content (AvgIpc) is 3.60. The summed E-state index contributed by atoms with van der Waals surface area (Å²) in [6.45, 7) is 0.0217. The van der Waals surface area contributed by atoms with Crippen LogP contribution in [0.1, 0.15) is 55.2 Å². The molecule has 0 bridgehead atoms. The molecule has 176 valence electrons. The van der Waals surface area contributed by atoms with Gasteiger partial charge in [0.2, 0.25) is 5.91 Å². The van der Waals surface area contributed by atoms with E-state index >= 15 is 0 Å². The van der Waals surface area contributed by atoms with Gasteiger partial charge in [0, 0.05) is 42.6 Å². The lowest BCUT2D eigenvalue weighted by molar-refractivity contribution is -0.119. The first-order valence-electron chi connectivity index (χ1n) is 11.7. The molecular formula is C26H29N5O2S. The summed E-state index contributed by atoms with van der Waals surface area (Å²) >= 11 is 5.86. The number of pyridine rings is 1. The second-order valence-electron chi connectivity index (χ2n) is 8.80. The maximum atomic E-state index is 11.9. The number of thiocarbonyl (C=S) groups is 1. The van der Waals surface area contributed by atoms with Crippen molar-refractivity contribution in [1.29, 1.82) is 0 Å². The quantitative estimate of drug-likeness (QED) is 0.480. The van der Waals surface area contributed by atoms with Crippen LogP contribution in [0.2, 0.25) is 0 Å². The van der Waals surface area contributed by atoms with E-state index in [1.165, 1.54) is 38.5 Å². The predicted octanol–water partition coefficient (Wildman–Crippen LogP) is 4.76. The average molecular weight is 476 g/mol. The Morgan fingerprint density at radius 1 is 1.15 bits per heavy atom. The molecule has 2 aliphatic rings. The monoisotopic (exact) mass is 475 g/mol. The van der Waals surface area contributed by atoms with E-state index in [0.29, 0.717) is 11.2 Å². The second kappa shape index (κ2) is 9.95. The van der Waals surface area contributed by atoms with Gasteiger partial charge in [-0.1, -0.05) is 18.9 Å². The molecule has 0 spiro atoms. The summed E-state index contributed by atoms with van der Waals surface area (Å²) in [5.74, 6) is -0.184. The molecular weight excluding hydrogens is 446 g/mol. The normalized spacial score (nSPS) is 20.5. The molecule has 34 heavy (non-hydrogen) atoms. The van der Waals surface area contributed by atoms with Gasteiger partial charge in [0.1, 0.15) is 12.6 Å². The molecule has 3 aromatic rings. The van der Waals surface area contributed by atoms with E-state index in [0.717, 1.165) is 17.1 Å². The fourth-order valence-corrected chi connectivity index (χ4v) is 5.49. The van der Waals surface area contributed by atoms with Gasteiger partial charge in [-0.15, -0.1) is 0 Å². The van der Waals surface area contributed by atoms with Crippen molar-refractivity contribution >= 4 is 34.6 Å². The Bertz CT molecular complexity index is 1140. The highest BCUT2D eigenvalue weighted by Gasteiger charge is 2.42. The fourth-order valence-electron chi connectivity index (χ4n) is 5.14. The van der Waals surface area contributed by atoms with Crippen LogP contribution in [0.5, 0.6) is 0 Å². The number of nitrogens with one attached hydrogen (secondary N) is 2. The second-order valence-corrected chi connectivity index (χ2v) is 9.19. The van der Waals surface area contributed by atoms with Crippen LogP contribution in [0.25, 0.3) is 0 Å². The number of rotatable bonds is 7. The molecule has 2 atom stereocenters. The molecule has 7 nitrogen and oxygen atoms in total. The van der Waals surface area contributed by atoms with Crippen molar-refractivity contribution in [2.24, 2.45) is 0 Å². The van der Waals surface area contributed by atoms with Gasteiger partial charge >= 0.3 is 0 Å². The van der Waals surface area contributed by atoms with Gasteiger partial charge in [0.25, 0.3) is 0 Å². The van der Waals surface area contributed by atoms with E-state index < -0.39 is 0 Å². The lowest BCUT2D eigenvalue weighted by atomic mass is 10.00. The first-order valence-corrected chi connectivity index (χ1v) is 12.1. The lowest BCUT2D eigenvalue weighted by Crippen LogP contribution is -2.30. The molecule has 2 N–H and O–H groups in total. The minimum atomic E-state index is -0.184. The van der Waals surface area contributed by atoms with Crippen molar-refractivity contribution in [3.8, 4) is 0 Å². The van der Waals surface area contributed by atoms with Crippen molar-refractivity contribution in [2.45, 2.75) is 43.8 Å². The van der Waals surface area contributed by atoms with Gasteiger partial charge in [-0.05, 0) is 73.6 Å². The number of ether oxygens (including phenoxy) is 1. The van der Waals surface area contributed by atoms with Gasteiger partial charge in [-0.25, -0.2) is 0 Å². The number of nitrogens with zero attached hydrogens (tertiary/aromatic N) is 3. The zero-order valence-corrected chi connectivity index (χ0v) is 20.0. The molecule has 1 aliphatic heterocycles. The number of benzene rings is 1. The fraction of sp³-hybridized carbons (Fsp3) is 0.346. The first-order chi connectivity index (χ1) is 16.7. The maximum absolute atomic E-state index is 11.9. The Kier molecular flexibility index (Phi) is 6.60. The van der Waals surface area contributed by atoms with Crippen LogP contribution < -0.4 is 15.5 Å². The van der Waals surface area contributed by atoms with Crippen LogP contribution in [0.3, 0.4) is 0 Å². The smallest absolute Gasteiger partial charge is 0.250 e. The lowest BCUT2D eigenvalue weighted by Gasteiger charge is -2.30. The number of anilines is 2. The van der Waals surface area contributed by atoms with Crippen LogP contribution in [-0.2, 0) is 9.53 Å². The molecule has 1 aromatic carbocycles. The van der Waals surface area contributed by atoms with E-state index in [1.807, 2.05) is 48.7 Å². The summed E-state index contributed by atoms with van der Waals surface area (Å²) in [7, 11) is 1.50. The van der Waals surface area contributed by atoms with E-state index in [4.69, 9.17) is 17.0 Å². The molecule has 3 heterocycles. The SMILES string of the molecule is COCC(=O)Nc1ccc(N2C(=S)NC(c3ccccn3)C2c2cccn2C2CCCC2)cc1. The van der Waals surface area contributed by atoms with Crippen LogP contribution >= 0.6 is 12.2 Å². The summed E-state index contributed by atoms with van der Waals surface area (Å²) in [4.78, 5) is 18.7. The summed E-state index contributed by atoms with van der Waals surface area (Å²) in [6.07, 6.45) is 8.98. The third-order valence-electron chi connectivity index (χ3n) is 6.64. The molecule has 1 aliphatic carbocycles. The van der Waals surface area contributed by atoms with Crippen molar-refractivity contribution in [2.75, 3.05) is 23.9 Å². The number of carbonyl (C=O) groups is 1. The highest BCUT2D eigenvalue weighted by Crippen LogP contribution is 2.43. The Hall–Kier alpha value is -3.23. The van der Waals surface area contributed by atoms with E-state index in [2.05, 4.69) is 43.4 Å². The standard InChI is InChI=1S/C26H29N5O2S/c1-33-17-23(32)28-18-11-13-20(14-12-18)31-25(22-10-6-16-30(22)19-7-2-3-8-19)24(29-26(31)34)21-9-4-5-15-27-21/h4-6,9-16,19,24-25H,2-3,7-8,17H2,1H3,(H,28,32)(H,29,34). The zero-order valence-electron chi connectivity index (χ0n) is 19.2. The molecule has 1 amide bonds. The number of methoxy groups -OCH3 is 1. The highest BCUT2D eigenvalue weighted by molar-refractivity contribution is 7.80. The molecule has 2 aromatic heterocycles. The predicted molar refractivity (Wildman–Crippen MR) is 137 cm³/mol. The van der Waals surface area contributed by atoms with Gasteiger partial charge in [0.15, 0.2) is 5.11 Å². The van der Waals surface area contributed by atoms with Crippen molar-refractivity contribution < 1.29 is 9.53 Å². The Morgan fingerprint density at radius 2 is 1.94 bits per heavy atom. The van der Waals surface area contributed by atoms with E-state index in [-0.39, 0.29) is 24.6 Å². The summed E-state index contributed by atoms with van der Waals surface area (Å²) in [5.41, 5.74) is 3.87. The number of aromatic nitrogens is 2. The Balaban J connectivity index is 1.51. The molecule has 8 heteroatoms. The zero-order chi connectivity index (χ0) is 23.5. The summed E-state index contributed by atoms with van der Waals surface area (Å²) < 4.78 is 7.34. The number of amides is 1. The van der Waals surface area contributed by atoms with E-state index in [9.17, 15) is 4.79 Å². The number of hydrogen-bond acceptors (Lipinski definition) is 4. The first kappa shape index (κ1) is 22.6. The van der Waals surface area contributed by atoms with Crippen LogP contribution in [0, 0.1) is 0 Å². The number of carbonyl (C=O) groups excluding carboxylic acids is 1. The topological polar surface area (TPSA) is 71.4 Å². The van der Waals surface area contributed by atoms with Gasteiger partial charge in [-0.3, -0.25) is 9.78 Å². The van der Waals surface area contributed by atoms with Crippen LogP contribution in [-0.4, -0.2) is 34.3 Å².